The molecule has 0 aromatic carbocycles. The molecule has 6 nitrogen and oxygen atoms in total. The zero-order valence-electron chi connectivity index (χ0n) is 12.8. The molecule has 1 fully saturated rings. The van der Waals surface area contributed by atoms with Gasteiger partial charge in [-0.1, -0.05) is 0 Å². The van der Waals surface area contributed by atoms with Crippen LogP contribution in [-0.2, 0) is 11.3 Å². The summed E-state index contributed by atoms with van der Waals surface area (Å²) in [7, 11) is 3.59. The lowest BCUT2D eigenvalue weighted by molar-refractivity contribution is -0.133. The number of pyridine rings is 1. The van der Waals surface area contributed by atoms with Gasteiger partial charge in [0, 0.05) is 45.1 Å². The molecule has 1 aromatic heterocycles. The number of amides is 1. The van der Waals surface area contributed by atoms with Gasteiger partial charge >= 0.3 is 0 Å². The predicted molar refractivity (Wildman–Crippen MR) is 83.0 cm³/mol. The van der Waals surface area contributed by atoms with Crippen LogP contribution in [0.3, 0.4) is 0 Å². The van der Waals surface area contributed by atoms with Crippen LogP contribution >= 0.6 is 0 Å². The minimum atomic E-state index is -0.0356. The largest absolute Gasteiger partial charge is 0.398 e. The molecule has 1 aliphatic rings. The van der Waals surface area contributed by atoms with Gasteiger partial charge in [-0.25, -0.2) is 0 Å². The van der Waals surface area contributed by atoms with E-state index in [1.807, 2.05) is 0 Å². The first-order chi connectivity index (χ1) is 9.99. The van der Waals surface area contributed by atoms with Crippen LogP contribution in [0.4, 0.5) is 5.69 Å². The lowest BCUT2D eigenvalue weighted by Gasteiger charge is -2.26. The van der Waals surface area contributed by atoms with Gasteiger partial charge in [-0.15, -0.1) is 0 Å². The molecule has 0 radical (unpaired) electrons. The number of anilines is 1. The zero-order valence-corrected chi connectivity index (χ0v) is 12.8. The summed E-state index contributed by atoms with van der Waals surface area (Å²) in [5.74, 6) is 0.175. The summed E-state index contributed by atoms with van der Waals surface area (Å²) in [4.78, 5) is 27.7. The lowest BCUT2D eigenvalue weighted by Crippen LogP contribution is -2.43. The Morgan fingerprint density at radius 2 is 2.14 bits per heavy atom. The fraction of sp³-hybridized carbons (Fsp3) is 0.600. The minimum Gasteiger partial charge on any atom is -0.398 e. The summed E-state index contributed by atoms with van der Waals surface area (Å²) in [6, 6.07) is 3.10. The second-order valence-electron chi connectivity index (χ2n) is 5.77. The molecule has 2 rings (SSSR count). The van der Waals surface area contributed by atoms with Gasteiger partial charge in [0.15, 0.2) is 0 Å². The third kappa shape index (κ3) is 3.85. The zero-order chi connectivity index (χ0) is 15.4. The Labute approximate surface area is 125 Å². The van der Waals surface area contributed by atoms with Crippen molar-refractivity contribution in [2.24, 2.45) is 0 Å². The molecule has 0 aliphatic carbocycles. The first-order valence-corrected chi connectivity index (χ1v) is 7.40. The molecule has 1 atom stereocenters. The van der Waals surface area contributed by atoms with Crippen LogP contribution in [0.25, 0.3) is 0 Å². The van der Waals surface area contributed by atoms with Crippen molar-refractivity contribution in [3.05, 3.63) is 28.7 Å². The number of aryl methyl sites for hydroxylation is 1. The van der Waals surface area contributed by atoms with Gasteiger partial charge in [0.05, 0.1) is 6.04 Å². The standard InChI is InChI=1S/C15H24N4O2/c1-17(2)15(21)13-5-3-8-18(13)9-4-10-19-11-12(16)6-7-14(19)20/h6-7,11,13H,3-5,8-10,16H2,1-2H3. The third-order valence-corrected chi connectivity index (χ3v) is 3.94. The number of aromatic nitrogens is 1. The van der Waals surface area contributed by atoms with Gasteiger partial charge in [-0.05, 0) is 31.9 Å². The Balaban J connectivity index is 1.89. The van der Waals surface area contributed by atoms with E-state index in [1.54, 1.807) is 35.8 Å². The van der Waals surface area contributed by atoms with Crippen molar-refractivity contribution in [1.82, 2.24) is 14.4 Å². The highest BCUT2D eigenvalue weighted by Crippen LogP contribution is 2.18. The molecule has 0 spiro atoms. The number of likely N-dealkylation sites (tertiary alicyclic amines) is 1. The van der Waals surface area contributed by atoms with E-state index in [1.165, 1.54) is 6.07 Å². The predicted octanol–water partition coefficient (Wildman–Crippen LogP) is 0.373. The highest BCUT2D eigenvalue weighted by Gasteiger charge is 2.30. The summed E-state index contributed by atoms with van der Waals surface area (Å²) in [5, 5.41) is 0. The number of hydrogen-bond donors (Lipinski definition) is 1. The quantitative estimate of drug-likeness (QED) is 0.851. The third-order valence-electron chi connectivity index (χ3n) is 3.94. The molecule has 0 bridgehead atoms. The highest BCUT2D eigenvalue weighted by molar-refractivity contribution is 5.81. The average Bonchev–Trinajstić information content (AvgIpc) is 2.90. The highest BCUT2D eigenvalue weighted by atomic mass is 16.2. The summed E-state index contributed by atoms with van der Waals surface area (Å²) >= 11 is 0. The number of hydrogen-bond acceptors (Lipinski definition) is 4. The van der Waals surface area contributed by atoms with E-state index in [-0.39, 0.29) is 17.5 Å². The van der Waals surface area contributed by atoms with Crippen LogP contribution < -0.4 is 11.3 Å². The molecular formula is C15H24N4O2. The molecule has 1 amide bonds. The van der Waals surface area contributed by atoms with Crippen LogP contribution in [0, 0.1) is 0 Å². The van der Waals surface area contributed by atoms with Gasteiger partial charge in [0.2, 0.25) is 5.91 Å². The van der Waals surface area contributed by atoms with E-state index in [4.69, 9.17) is 5.73 Å². The molecule has 1 unspecified atom stereocenters. The Hall–Kier alpha value is -1.82. The number of nitrogens with zero attached hydrogens (tertiary/aromatic N) is 3. The molecule has 1 saturated heterocycles. The van der Waals surface area contributed by atoms with Gasteiger partial charge in [0.1, 0.15) is 0 Å². The number of carbonyl (C=O) groups excluding carboxylic acids is 1. The van der Waals surface area contributed by atoms with Gasteiger partial charge in [-0.2, -0.15) is 0 Å². The molecule has 116 valence electrons. The normalized spacial score (nSPS) is 18.9. The van der Waals surface area contributed by atoms with Crippen LogP contribution in [-0.4, -0.2) is 53.5 Å². The molecule has 1 aliphatic heterocycles. The fourth-order valence-electron chi connectivity index (χ4n) is 2.84. The Bertz CT molecular complexity index is 553. The van der Waals surface area contributed by atoms with Gasteiger partial charge < -0.3 is 15.2 Å². The van der Waals surface area contributed by atoms with Crippen molar-refractivity contribution in [2.45, 2.75) is 31.8 Å². The Morgan fingerprint density at radius 1 is 1.38 bits per heavy atom. The molecule has 1 aromatic rings. The maximum Gasteiger partial charge on any atom is 0.250 e. The maximum absolute atomic E-state index is 12.1. The number of nitrogen functional groups attached to an aromatic ring is 1. The summed E-state index contributed by atoms with van der Waals surface area (Å²) in [6.45, 7) is 2.41. The topological polar surface area (TPSA) is 71.6 Å². The van der Waals surface area contributed by atoms with Gasteiger partial charge in [0.25, 0.3) is 5.56 Å². The monoisotopic (exact) mass is 292 g/mol. The van der Waals surface area contributed by atoms with Crippen molar-refractivity contribution in [1.29, 1.82) is 0 Å². The first-order valence-electron chi connectivity index (χ1n) is 7.40. The molecule has 21 heavy (non-hydrogen) atoms. The van der Waals surface area contributed by atoms with E-state index in [2.05, 4.69) is 4.90 Å². The summed E-state index contributed by atoms with van der Waals surface area (Å²) in [6.07, 6.45) is 4.49. The van der Waals surface area contributed by atoms with E-state index >= 15 is 0 Å². The van der Waals surface area contributed by atoms with Crippen LogP contribution in [0.2, 0.25) is 0 Å². The van der Waals surface area contributed by atoms with Crippen molar-refractivity contribution >= 4 is 11.6 Å². The van der Waals surface area contributed by atoms with Crippen molar-refractivity contribution in [2.75, 3.05) is 32.9 Å². The number of nitrogens with two attached hydrogens (primary N) is 1. The van der Waals surface area contributed by atoms with Crippen molar-refractivity contribution in [3.63, 3.8) is 0 Å². The smallest absolute Gasteiger partial charge is 0.250 e. The lowest BCUT2D eigenvalue weighted by atomic mass is 10.2. The van der Waals surface area contributed by atoms with Crippen LogP contribution in [0.5, 0.6) is 0 Å². The van der Waals surface area contributed by atoms with Crippen LogP contribution in [0.15, 0.2) is 23.1 Å². The van der Waals surface area contributed by atoms with Crippen molar-refractivity contribution in [3.8, 4) is 0 Å². The van der Waals surface area contributed by atoms with Crippen LogP contribution in [0.1, 0.15) is 19.3 Å². The van der Waals surface area contributed by atoms with E-state index in [0.717, 1.165) is 32.4 Å². The first kappa shape index (κ1) is 15.6. The fourth-order valence-corrected chi connectivity index (χ4v) is 2.84. The van der Waals surface area contributed by atoms with Gasteiger partial charge in [-0.3, -0.25) is 14.5 Å². The van der Waals surface area contributed by atoms with E-state index < -0.39 is 0 Å². The minimum absolute atomic E-state index is 0.00225. The second kappa shape index (κ2) is 6.76. The van der Waals surface area contributed by atoms with E-state index in [0.29, 0.717) is 12.2 Å². The molecule has 2 N–H and O–H groups in total. The molecule has 2 heterocycles. The van der Waals surface area contributed by atoms with Crippen molar-refractivity contribution < 1.29 is 4.79 Å². The summed E-state index contributed by atoms with van der Waals surface area (Å²) < 4.78 is 1.63. The molecular weight excluding hydrogens is 268 g/mol. The Morgan fingerprint density at radius 3 is 2.86 bits per heavy atom. The average molecular weight is 292 g/mol. The molecule has 0 saturated carbocycles. The number of carbonyl (C=O) groups is 1. The molecule has 6 heteroatoms. The second-order valence-corrected chi connectivity index (χ2v) is 5.77. The maximum atomic E-state index is 12.1. The number of rotatable bonds is 5. The SMILES string of the molecule is CN(C)C(=O)C1CCCN1CCCn1cc(N)ccc1=O. The summed E-state index contributed by atoms with van der Waals surface area (Å²) in [5.41, 5.74) is 6.25. The van der Waals surface area contributed by atoms with E-state index in [9.17, 15) is 9.59 Å². The Kier molecular flexibility index (Phi) is 5.01. The number of likely N-dealkylation sites (N-methyl/N-ethyl adjacent to an activating group) is 1.